The van der Waals surface area contributed by atoms with Crippen LogP contribution in [0, 0.1) is 29.1 Å². The first-order chi connectivity index (χ1) is 12.0. The lowest BCUT2D eigenvalue weighted by Crippen LogP contribution is -2.03. The summed E-state index contributed by atoms with van der Waals surface area (Å²) < 4.78 is 67.1. The lowest BCUT2D eigenvalue weighted by Gasteiger charge is -2.10. The minimum atomic E-state index is -1.63. The van der Waals surface area contributed by atoms with Gasteiger partial charge in [-0.15, -0.1) is 0 Å². The summed E-state index contributed by atoms with van der Waals surface area (Å²) in [6, 6.07) is 6.27. The molecule has 0 fully saturated rings. The van der Waals surface area contributed by atoms with E-state index >= 15 is 0 Å². The van der Waals surface area contributed by atoms with Gasteiger partial charge >= 0.3 is 0 Å². The molecule has 3 rings (SSSR count). The van der Waals surface area contributed by atoms with Crippen LogP contribution in [0.4, 0.5) is 45.0 Å². The van der Waals surface area contributed by atoms with E-state index in [9.17, 15) is 22.0 Å². The minimum absolute atomic E-state index is 0.000782. The Kier molecular flexibility index (Phi) is 4.46. The van der Waals surface area contributed by atoms with Crippen molar-refractivity contribution in [1.82, 2.24) is 9.97 Å². The van der Waals surface area contributed by atoms with Crippen molar-refractivity contribution in [3.8, 4) is 0 Å². The highest BCUT2D eigenvalue weighted by Crippen LogP contribution is 2.25. The highest BCUT2D eigenvalue weighted by molar-refractivity contribution is 5.63. The van der Waals surface area contributed by atoms with E-state index in [4.69, 9.17) is 0 Å². The van der Waals surface area contributed by atoms with Gasteiger partial charge in [0.25, 0.3) is 0 Å². The average molecular weight is 352 g/mol. The van der Waals surface area contributed by atoms with Crippen molar-refractivity contribution in [2.75, 3.05) is 10.6 Å². The molecule has 0 radical (unpaired) electrons. The number of nitrogens with zero attached hydrogens (tertiary/aromatic N) is 2. The van der Waals surface area contributed by atoms with Crippen LogP contribution >= 0.6 is 0 Å². The molecule has 0 spiro atoms. The molecule has 128 valence electrons. The van der Waals surface area contributed by atoms with Crippen LogP contribution in [0.25, 0.3) is 0 Å². The van der Waals surface area contributed by atoms with E-state index in [0.717, 1.165) is 30.6 Å². The monoisotopic (exact) mass is 352 g/mol. The number of hydrogen-bond donors (Lipinski definition) is 2. The fraction of sp³-hybridized carbons (Fsp3) is 0. The normalized spacial score (nSPS) is 10.6. The zero-order valence-electron chi connectivity index (χ0n) is 12.3. The first-order valence-corrected chi connectivity index (χ1v) is 6.89. The van der Waals surface area contributed by atoms with Crippen LogP contribution in [0.5, 0.6) is 0 Å². The van der Waals surface area contributed by atoms with Gasteiger partial charge in [0, 0.05) is 6.07 Å². The van der Waals surface area contributed by atoms with Crippen LogP contribution < -0.4 is 10.6 Å². The van der Waals surface area contributed by atoms with Crippen molar-refractivity contribution < 1.29 is 22.0 Å². The van der Waals surface area contributed by atoms with E-state index in [1.165, 1.54) is 12.1 Å². The second-order valence-corrected chi connectivity index (χ2v) is 4.86. The van der Waals surface area contributed by atoms with Gasteiger partial charge in [0.15, 0.2) is 17.5 Å². The van der Waals surface area contributed by atoms with Gasteiger partial charge in [0.05, 0.1) is 5.69 Å². The van der Waals surface area contributed by atoms with E-state index < -0.39 is 34.8 Å². The summed E-state index contributed by atoms with van der Waals surface area (Å²) in [6.45, 7) is 0. The number of para-hydroxylation sites is 1. The van der Waals surface area contributed by atoms with Crippen molar-refractivity contribution in [2.45, 2.75) is 0 Å². The molecule has 0 atom stereocenters. The third-order valence-electron chi connectivity index (χ3n) is 3.18. The smallest absolute Gasteiger partial charge is 0.196 e. The summed E-state index contributed by atoms with van der Waals surface area (Å²) in [7, 11) is 0. The fourth-order valence-electron chi connectivity index (χ4n) is 2.00. The molecule has 0 aliphatic heterocycles. The van der Waals surface area contributed by atoms with Crippen LogP contribution in [-0.2, 0) is 0 Å². The Hall–Kier alpha value is -3.23. The molecule has 3 aromatic rings. The van der Waals surface area contributed by atoms with Gasteiger partial charge in [-0.3, -0.25) is 0 Å². The number of nitrogens with one attached hydrogen (secondary N) is 2. The molecule has 0 amide bonds. The summed E-state index contributed by atoms with van der Waals surface area (Å²) in [4.78, 5) is 7.57. The third kappa shape index (κ3) is 3.49. The zero-order valence-corrected chi connectivity index (χ0v) is 12.3. The van der Waals surface area contributed by atoms with E-state index in [2.05, 4.69) is 20.6 Å². The number of hydrogen-bond acceptors (Lipinski definition) is 4. The summed E-state index contributed by atoms with van der Waals surface area (Å²) in [5.41, 5.74) is -0.785. The molecule has 0 aliphatic rings. The highest BCUT2D eigenvalue weighted by atomic mass is 19.2. The molecule has 0 saturated heterocycles. The second-order valence-electron chi connectivity index (χ2n) is 4.86. The molecule has 2 N–H and O–H groups in total. The van der Waals surface area contributed by atoms with Gasteiger partial charge in [0.1, 0.15) is 35.3 Å². The maximum Gasteiger partial charge on any atom is 0.196 e. The Morgan fingerprint density at radius 3 is 2.00 bits per heavy atom. The Bertz CT molecular complexity index is 912. The van der Waals surface area contributed by atoms with Crippen LogP contribution in [0.3, 0.4) is 0 Å². The van der Waals surface area contributed by atoms with E-state index in [1.807, 2.05) is 0 Å². The molecule has 25 heavy (non-hydrogen) atoms. The van der Waals surface area contributed by atoms with Crippen LogP contribution in [0.15, 0.2) is 42.7 Å². The summed E-state index contributed by atoms with van der Waals surface area (Å²) >= 11 is 0. The number of aromatic nitrogens is 2. The van der Waals surface area contributed by atoms with Crippen molar-refractivity contribution in [1.29, 1.82) is 0 Å². The van der Waals surface area contributed by atoms with E-state index in [1.54, 1.807) is 0 Å². The number of rotatable bonds is 4. The first kappa shape index (κ1) is 16.6. The Balaban J connectivity index is 1.86. The fourth-order valence-corrected chi connectivity index (χ4v) is 2.00. The minimum Gasteiger partial charge on any atom is -0.338 e. The lowest BCUT2D eigenvalue weighted by molar-refractivity contribution is 0.449. The third-order valence-corrected chi connectivity index (χ3v) is 3.18. The Morgan fingerprint density at radius 2 is 1.32 bits per heavy atom. The SMILES string of the molecule is Fc1ccc(Nc2cc(Nc3c(F)cccc3F)ncn2)c(F)c1F. The summed E-state index contributed by atoms with van der Waals surface area (Å²) in [5.74, 6) is -6.05. The second kappa shape index (κ2) is 6.71. The standard InChI is InChI=1S/C16H9F5N4/c17-8-4-5-11(15(21)14(8)20)24-12-6-13(23-7-22-12)25-16-9(18)2-1-3-10(16)19/h1-7H,(H2,22,23,24,25). The molecular formula is C16H9F5N4. The lowest BCUT2D eigenvalue weighted by atomic mass is 10.2. The number of anilines is 4. The van der Waals surface area contributed by atoms with Gasteiger partial charge < -0.3 is 10.6 Å². The number of halogens is 5. The largest absolute Gasteiger partial charge is 0.338 e. The molecule has 1 aromatic heterocycles. The quantitative estimate of drug-likeness (QED) is 0.530. The van der Waals surface area contributed by atoms with Crippen LogP contribution in [-0.4, -0.2) is 9.97 Å². The van der Waals surface area contributed by atoms with Gasteiger partial charge in [-0.1, -0.05) is 6.07 Å². The highest BCUT2D eigenvalue weighted by Gasteiger charge is 2.14. The molecule has 0 saturated carbocycles. The topological polar surface area (TPSA) is 49.8 Å². The molecule has 2 aromatic carbocycles. The van der Waals surface area contributed by atoms with Crippen LogP contribution in [0.2, 0.25) is 0 Å². The van der Waals surface area contributed by atoms with Gasteiger partial charge in [-0.2, -0.15) is 0 Å². The Labute approximate surface area is 138 Å². The summed E-state index contributed by atoms with van der Waals surface area (Å²) in [6.07, 6.45) is 1.04. The van der Waals surface area contributed by atoms with Crippen molar-refractivity contribution in [3.63, 3.8) is 0 Å². The summed E-state index contributed by atoms with van der Waals surface area (Å²) in [5, 5.41) is 4.87. The van der Waals surface area contributed by atoms with E-state index in [0.29, 0.717) is 0 Å². The Morgan fingerprint density at radius 1 is 0.680 bits per heavy atom. The van der Waals surface area contributed by atoms with E-state index in [-0.39, 0.29) is 17.3 Å². The zero-order chi connectivity index (χ0) is 18.0. The average Bonchev–Trinajstić information content (AvgIpc) is 2.59. The number of benzene rings is 2. The molecule has 0 bridgehead atoms. The maximum absolute atomic E-state index is 13.7. The molecule has 9 heteroatoms. The molecule has 1 heterocycles. The molecule has 4 nitrogen and oxygen atoms in total. The van der Waals surface area contributed by atoms with Crippen LogP contribution in [0.1, 0.15) is 0 Å². The molecule has 0 unspecified atom stereocenters. The first-order valence-electron chi connectivity index (χ1n) is 6.89. The molecule has 0 aliphatic carbocycles. The predicted octanol–water partition coefficient (Wildman–Crippen LogP) is 4.66. The van der Waals surface area contributed by atoms with Gasteiger partial charge in [-0.25, -0.2) is 31.9 Å². The molecular weight excluding hydrogens is 343 g/mol. The van der Waals surface area contributed by atoms with Crippen molar-refractivity contribution in [3.05, 3.63) is 71.8 Å². The maximum atomic E-state index is 13.7. The van der Waals surface area contributed by atoms with Crippen molar-refractivity contribution >= 4 is 23.0 Å². The van der Waals surface area contributed by atoms with Gasteiger partial charge in [-0.05, 0) is 24.3 Å². The predicted molar refractivity (Wildman–Crippen MR) is 81.3 cm³/mol. The van der Waals surface area contributed by atoms with Gasteiger partial charge in [0.2, 0.25) is 0 Å². The van der Waals surface area contributed by atoms with Crippen molar-refractivity contribution in [2.24, 2.45) is 0 Å².